The summed E-state index contributed by atoms with van der Waals surface area (Å²) < 4.78 is 24.0. The van der Waals surface area contributed by atoms with Crippen LogP contribution in [0.3, 0.4) is 0 Å². The molecule has 3 heterocycles. The lowest BCUT2D eigenvalue weighted by Crippen LogP contribution is -2.47. The summed E-state index contributed by atoms with van der Waals surface area (Å²) >= 11 is 2.10. The zero-order valence-electron chi connectivity index (χ0n) is 17.6. The molecule has 3 aliphatic heterocycles. The highest BCUT2D eigenvalue weighted by Gasteiger charge is 2.37. The van der Waals surface area contributed by atoms with Crippen LogP contribution in [0.5, 0.6) is 0 Å². The molecule has 4 aliphatic rings. The van der Waals surface area contributed by atoms with E-state index >= 15 is 0 Å². The lowest BCUT2D eigenvalue weighted by Gasteiger charge is -2.40. The van der Waals surface area contributed by atoms with Crippen molar-refractivity contribution in [3.8, 4) is 0 Å². The van der Waals surface area contributed by atoms with Gasteiger partial charge in [-0.05, 0) is 69.5 Å². The Morgan fingerprint density at radius 1 is 0.857 bits per heavy atom. The molecule has 0 bridgehead atoms. The Morgan fingerprint density at radius 3 is 2.14 bits per heavy atom. The fraction of sp³-hybridized carbons (Fsp3) is 0.913. The SMILES string of the molecule is CC1=CCC(CCC2COC(C3OCC(C4CCC(C)SC4)CO3)OC2)CC1. The number of hydrogen-bond acceptors (Lipinski definition) is 5. The minimum atomic E-state index is -0.349. The average molecular weight is 411 g/mol. The quantitative estimate of drug-likeness (QED) is 0.595. The van der Waals surface area contributed by atoms with Gasteiger partial charge in [0.25, 0.3) is 0 Å². The minimum absolute atomic E-state index is 0.348. The number of hydrogen-bond donors (Lipinski definition) is 0. The van der Waals surface area contributed by atoms with Crippen LogP contribution in [-0.4, -0.2) is 50.0 Å². The molecule has 0 aromatic carbocycles. The van der Waals surface area contributed by atoms with Gasteiger partial charge in [0.05, 0.1) is 26.4 Å². The van der Waals surface area contributed by atoms with E-state index in [4.69, 9.17) is 18.9 Å². The van der Waals surface area contributed by atoms with Crippen molar-refractivity contribution in [1.82, 2.24) is 0 Å². The van der Waals surface area contributed by atoms with E-state index in [0.717, 1.165) is 43.5 Å². The van der Waals surface area contributed by atoms with Crippen molar-refractivity contribution in [3.63, 3.8) is 0 Å². The van der Waals surface area contributed by atoms with Crippen molar-refractivity contribution >= 4 is 11.8 Å². The maximum Gasteiger partial charge on any atom is 0.209 e. The van der Waals surface area contributed by atoms with Crippen LogP contribution in [0, 0.1) is 23.7 Å². The summed E-state index contributed by atoms with van der Waals surface area (Å²) in [6.07, 6.45) is 10.7. The molecule has 0 aromatic heterocycles. The van der Waals surface area contributed by atoms with Crippen molar-refractivity contribution in [3.05, 3.63) is 11.6 Å². The Labute approximate surface area is 175 Å². The van der Waals surface area contributed by atoms with Gasteiger partial charge in [-0.15, -0.1) is 0 Å². The summed E-state index contributed by atoms with van der Waals surface area (Å²) in [6.45, 7) is 7.71. The summed E-state index contributed by atoms with van der Waals surface area (Å²) in [7, 11) is 0. The van der Waals surface area contributed by atoms with E-state index in [1.54, 1.807) is 5.57 Å². The smallest absolute Gasteiger partial charge is 0.209 e. The first kappa shape index (κ1) is 21.2. The fourth-order valence-electron chi connectivity index (χ4n) is 4.87. The average Bonchev–Trinajstić information content (AvgIpc) is 2.74. The van der Waals surface area contributed by atoms with Crippen molar-refractivity contribution in [2.24, 2.45) is 23.7 Å². The van der Waals surface area contributed by atoms with Crippen LogP contribution in [-0.2, 0) is 18.9 Å². The molecule has 0 N–H and O–H groups in total. The Hall–Kier alpha value is -0.0700. The Kier molecular flexibility index (Phi) is 7.79. The maximum atomic E-state index is 6.02. The van der Waals surface area contributed by atoms with Crippen molar-refractivity contribution in [1.29, 1.82) is 0 Å². The summed E-state index contributed by atoms with van der Waals surface area (Å²) in [4.78, 5) is 0. The second kappa shape index (κ2) is 10.3. The van der Waals surface area contributed by atoms with Gasteiger partial charge in [0.15, 0.2) is 0 Å². The molecule has 0 radical (unpaired) electrons. The first-order valence-corrected chi connectivity index (χ1v) is 12.5. The van der Waals surface area contributed by atoms with Crippen LogP contribution in [0.4, 0.5) is 0 Å². The molecule has 5 heteroatoms. The molecule has 3 atom stereocenters. The molecule has 3 fully saturated rings. The van der Waals surface area contributed by atoms with Crippen LogP contribution in [0.2, 0.25) is 0 Å². The minimum Gasteiger partial charge on any atom is -0.348 e. The van der Waals surface area contributed by atoms with Gasteiger partial charge in [-0.2, -0.15) is 11.8 Å². The lowest BCUT2D eigenvalue weighted by atomic mass is 9.85. The second-order valence-electron chi connectivity index (χ2n) is 9.45. The summed E-state index contributed by atoms with van der Waals surface area (Å²) in [5.74, 6) is 3.88. The predicted octanol–water partition coefficient (Wildman–Crippen LogP) is 5.02. The number of allylic oxidation sites excluding steroid dienone is 2. The summed E-state index contributed by atoms with van der Waals surface area (Å²) in [6, 6.07) is 0. The van der Waals surface area contributed by atoms with Crippen molar-refractivity contribution < 1.29 is 18.9 Å². The van der Waals surface area contributed by atoms with E-state index < -0.39 is 0 Å². The highest BCUT2D eigenvalue weighted by Crippen LogP contribution is 2.36. The van der Waals surface area contributed by atoms with Gasteiger partial charge in [-0.1, -0.05) is 18.6 Å². The molecular formula is C23H38O4S. The highest BCUT2D eigenvalue weighted by molar-refractivity contribution is 7.99. The monoisotopic (exact) mass is 410 g/mol. The lowest BCUT2D eigenvalue weighted by molar-refractivity contribution is -0.333. The number of ether oxygens (including phenoxy) is 4. The molecule has 3 unspecified atom stereocenters. The van der Waals surface area contributed by atoms with Gasteiger partial charge in [-0.3, -0.25) is 0 Å². The standard InChI is InChI=1S/C23H38O4S/c1-16-3-6-18(7-4-16)8-9-19-11-24-22(25-12-19)23-26-13-21(14-27-23)20-10-5-17(2)28-15-20/h3,17-23H,4-15H2,1-2H3. The molecule has 0 aromatic rings. The van der Waals surface area contributed by atoms with Gasteiger partial charge < -0.3 is 18.9 Å². The van der Waals surface area contributed by atoms with Gasteiger partial charge in [0.1, 0.15) is 0 Å². The van der Waals surface area contributed by atoms with Crippen LogP contribution in [0.15, 0.2) is 11.6 Å². The van der Waals surface area contributed by atoms with Gasteiger partial charge in [0, 0.05) is 17.1 Å². The molecule has 160 valence electrons. The molecular weight excluding hydrogens is 372 g/mol. The van der Waals surface area contributed by atoms with E-state index in [0.29, 0.717) is 11.8 Å². The topological polar surface area (TPSA) is 36.9 Å². The van der Waals surface area contributed by atoms with Gasteiger partial charge >= 0.3 is 0 Å². The zero-order valence-corrected chi connectivity index (χ0v) is 18.5. The molecule has 1 aliphatic carbocycles. The third-order valence-electron chi connectivity index (χ3n) is 7.10. The van der Waals surface area contributed by atoms with E-state index in [1.807, 2.05) is 0 Å². The second-order valence-corrected chi connectivity index (χ2v) is 10.9. The van der Waals surface area contributed by atoms with Gasteiger partial charge in [-0.25, -0.2) is 0 Å². The number of rotatable bonds is 5. The zero-order chi connectivity index (χ0) is 19.3. The first-order chi connectivity index (χ1) is 13.7. The normalized spacial score (nSPS) is 42.8. The Morgan fingerprint density at radius 2 is 1.54 bits per heavy atom. The third kappa shape index (κ3) is 5.75. The molecule has 4 rings (SSSR count). The van der Waals surface area contributed by atoms with Crippen molar-refractivity contribution in [2.75, 3.05) is 32.2 Å². The molecule has 3 saturated heterocycles. The van der Waals surface area contributed by atoms with Crippen LogP contribution < -0.4 is 0 Å². The maximum absolute atomic E-state index is 6.02. The van der Waals surface area contributed by atoms with E-state index in [1.165, 1.54) is 50.7 Å². The predicted molar refractivity (Wildman–Crippen MR) is 113 cm³/mol. The summed E-state index contributed by atoms with van der Waals surface area (Å²) in [5.41, 5.74) is 1.56. The molecule has 0 saturated carbocycles. The van der Waals surface area contributed by atoms with Crippen molar-refractivity contribution in [2.45, 2.75) is 76.6 Å². The first-order valence-electron chi connectivity index (χ1n) is 11.4. The van der Waals surface area contributed by atoms with Crippen LogP contribution in [0.1, 0.15) is 58.8 Å². The molecule has 28 heavy (non-hydrogen) atoms. The van der Waals surface area contributed by atoms with E-state index in [2.05, 4.69) is 31.7 Å². The fourth-order valence-corrected chi connectivity index (χ4v) is 6.19. The highest BCUT2D eigenvalue weighted by atomic mass is 32.2. The summed E-state index contributed by atoms with van der Waals surface area (Å²) in [5, 5.41) is 0.810. The van der Waals surface area contributed by atoms with Gasteiger partial charge in [0.2, 0.25) is 12.6 Å². The van der Waals surface area contributed by atoms with Crippen LogP contribution >= 0.6 is 11.8 Å². The number of thioether (sulfide) groups is 1. The third-order valence-corrected chi connectivity index (χ3v) is 8.52. The molecule has 0 spiro atoms. The van der Waals surface area contributed by atoms with E-state index in [-0.39, 0.29) is 12.6 Å². The largest absolute Gasteiger partial charge is 0.348 e. The molecule has 0 amide bonds. The Bertz CT molecular complexity index is 501. The Balaban J connectivity index is 1.12. The van der Waals surface area contributed by atoms with Crippen LogP contribution in [0.25, 0.3) is 0 Å². The molecule has 4 nitrogen and oxygen atoms in total. The van der Waals surface area contributed by atoms with E-state index in [9.17, 15) is 0 Å².